The Morgan fingerprint density at radius 3 is 2.44 bits per heavy atom. The van der Waals surface area contributed by atoms with Gasteiger partial charge in [-0.2, -0.15) is 0 Å². The summed E-state index contributed by atoms with van der Waals surface area (Å²) in [5, 5.41) is 5.33. The van der Waals surface area contributed by atoms with Crippen molar-refractivity contribution in [3.05, 3.63) is 41.6 Å². The Morgan fingerprint density at radius 2 is 1.79 bits per heavy atom. The number of benzene rings is 1. The van der Waals surface area contributed by atoms with Gasteiger partial charge in [0.1, 0.15) is 17.5 Å². The van der Waals surface area contributed by atoms with E-state index in [1.54, 1.807) is 12.1 Å². The van der Waals surface area contributed by atoms with Crippen molar-refractivity contribution in [3.63, 3.8) is 0 Å². The number of piperazine rings is 1. The molecule has 2 N–H and O–H groups in total. The van der Waals surface area contributed by atoms with Crippen LogP contribution < -0.4 is 10.0 Å². The van der Waals surface area contributed by atoms with Crippen LogP contribution in [-0.2, 0) is 23.1 Å². The molecule has 9 nitrogen and oxygen atoms in total. The van der Waals surface area contributed by atoms with Gasteiger partial charge in [0.15, 0.2) is 0 Å². The van der Waals surface area contributed by atoms with Gasteiger partial charge in [0.2, 0.25) is 10.0 Å². The number of hydrogen-bond donors (Lipinski definition) is 1. The monoisotopic (exact) mass is 485 g/mol. The van der Waals surface area contributed by atoms with E-state index in [1.165, 1.54) is 0 Å². The fourth-order valence-electron chi connectivity index (χ4n) is 4.35. The zero-order valence-electron chi connectivity index (χ0n) is 20.5. The highest BCUT2D eigenvalue weighted by Crippen LogP contribution is 2.23. The minimum absolute atomic E-state index is 0.0983. The van der Waals surface area contributed by atoms with Crippen LogP contribution in [0.2, 0.25) is 0 Å². The molecule has 10 heteroatoms. The summed E-state index contributed by atoms with van der Waals surface area (Å²) in [5.74, 6) is 3.15. The smallest absolute Gasteiger partial charge is 0.238 e. The Kier molecular flexibility index (Phi) is 7.20. The fraction of sp³-hybridized carbons (Fsp3) is 0.542. The number of primary sulfonamides is 1. The van der Waals surface area contributed by atoms with Crippen molar-refractivity contribution >= 4 is 26.9 Å². The summed E-state index contributed by atoms with van der Waals surface area (Å²) in [6.45, 7) is 13.6. The minimum Gasteiger partial charge on any atom is -0.354 e. The number of fused-ring (bicyclic) bond motifs is 1. The largest absolute Gasteiger partial charge is 0.354 e. The summed E-state index contributed by atoms with van der Waals surface area (Å²) in [6.07, 6.45) is 2.11. The van der Waals surface area contributed by atoms with Crippen LogP contribution in [-0.4, -0.2) is 59.0 Å². The van der Waals surface area contributed by atoms with Crippen LogP contribution in [0.25, 0.3) is 11.0 Å². The predicted molar refractivity (Wildman–Crippen MR) is 134 cm³/mol. The highest BCUT2D eigenvalue weighted by molar-refractivity contribution is 7.89. The number of imidazole rings is 1. The van der Waals surface area contributed by atoms with E-state index in [0.29, 0.717) is 11.4 Å². The third-order valence-electron chi connectivity index (χ3n) is 6.30. The average molecular weight is 486 g/mol. The molecule has 0 saturated carbocycles. The molecular weight excluding hydrogens is 450 g/mol. The average Bonchev–Trinajstić information content (AvgIpc) is 3.13. The lowest BCUT2D eigenvalue weighted by Crippen LogP contribution is -2.46. The van der Waals surface area contributed by atoms with E-state index in [9.17, 15) is 8.42 Å². The van der Waals surface area contributed by atoms with Gasteiger partial charge in [0.05, 0.1) is 22.5 Å². The van der Waals surface area contributed by atoms with Crippen LogP contribution in [0.3, 0.4) is 0 Å². The van der Waals surface area contributed by atoms with E-state index in [2.05, 4.69) is 46.2 Å². The summed E-state index contributed by atoms with van der Waals surface area (Å²) >= 11 is 0. The zero-order chi connectivity index (χ0) is 24.5. The number of sulfonamides is 1. The third kappa shape index (κ3) is 5.39. The van der Waals surface area contributed by atoms with Crippen molar-refractivity contribution in [1.82, 2.24) is 24.4 Å². The van der Waals surface area contributed by atoms with Crippen molar-refractivity contribution in [2.75, 3.05) is 31.1 Å². The van der Waals surface area contributed by atoms with Crippen molar-refractivity contribution in [2.45, 2.75) is 64.4 Å². The van der Waals surface area contributed by atoms with E-state index in [4.69, 9.17) is 15.1 Å². The molecule has 1 aliphatic heterocycles. The lowest BCUT2D eigenvalue weighted by atomic mass is 10.2. The number of unbranched alkanes of at least 4 members (excludes halogenated alkanes) is 1. The Hall–Kier alpha value is -2.56. The first-order valence-electron chi connectivity index (χ1n) is 12.0. The lowest BCUT2D eigenvalue weighted by Gasteiger charge is -2.35. The molecule has 1 aromatic carbocycles. The first kappa shape index (κ1) is 24.6. The number of aryl methyl sites for hydroxylation is 2. The van der Waals surface area contributed by atoms with Crippen LogP contribution in [0.4, 0.5) is 5.82 Å². The molecule has 3 aromatic rings. The zero-order valence-corrected chi connectivity index (χ0v) is 21.3. The highest BCUT2D eigenvalue weighted by Gasteiger charge is 2.22. The van der Waals surface area contributed by atoms with Crippen molar-refractivity contribution in [3.8, 4) is 0 Å². The molecule has 0 radical (unpaired) electrons. The predicted octanol–water partition coefficient (Wildman–Crippen LogP) is 3.03. The van der Waals surface area contributed by atoms with E-state index < -0.39 is 10.0 Å². The first-order valence-corrected chi connectivity index (χ1v) is 13.5. The highest BCUT2D eigenvalue weighted by atomic mass is 32.2. The Balaban J connectivity index is 1.52. The SMILES string of the molecule is CCCCn1c(CN2CCN(c3cc(C)nc(C(C)C)n3)CC2)nc2cc(S(N)(=O)=O)ccc21. The standard InChI is InChI=1S/C24H35N7O2S/c1-5-6-9-31-21-8-7-19(34(25,32)33)15-20(21)27-23(31)16-29-10-12-30(13-11-29)22-14-18(4)26-24(28-22)17(2)3/h7-8,14-15,17H,5-6,9-13,16H2,1-4H3,(H2,25,32,33). The van der Waals surface area contributed by atoms with Crippen LogP contribution in [0.15, 0.2) is 29.2 Å². The summed E-state index contributed by atoms with van der Waals surface area (Å²) in [5.41, 5.74) is 2.63. The molecule has 4 rings (SSSR count). The number of nitrogens with two attached hydrogens (primary N) is 1. The minimum atomic E-state index is -3.76. The molecule has 3 heterocycles. The molecule has 0 amide bonds. The van der Waals surface area contributed by atoms with Gasteiger partial charge in [-0.3, -0.25) is 4.90 Å². The summed E-state index contributed by atoms with van der Waals surface area (Å²) in [7, 11) is -3.76. The van der Waals surface area contributed by atoms with Crippen molar-refractivity contribution in [1.29, 1.82) is 0 Å². The molecule has 1 aliphatic rings. The van der Waals surface area contributed by atoms with Gasteiger partial charge >= 0.3 is 0 Å². The van der Waals surface area contributed by atoms with Crippen LogP contribution in [0.1, 0.15) is 56.9 Å². The van der Waals surface area contributed by atoms with Gasteiger partial charge < -0.3 is 9.47 Å². The fourth-order valence-corrected chi connectivity index (χ4v) is 4.89. The van der Waals surface area contributed by atoms with Gasteiger partial charge in [0.25, 0.3) is 0 Å². The molecule has 184 valence electrons. The lowest BCUT2D eigenvalue weighted by molar-refractivity contribution is 0.240. The maximum atomic E-state index is 11.8. The molecular formula is C24H35N7O2S. The van der Waals surface area contributed by atoms with Gasteiger partial charge in [-0.05, 0) is 31.5 Å². The van der Waals surface area contributed by atoms with Gasteiger partial charge in [-0.1, -0.05) is 27.2 Å². The topological polar surface area (TPSA) is 110 Å². The first-order chi connectivity index (χ1) is 16.2. The molecule has 0 atom stereocenters. The van der Waals surface area contributed by atoms with E-state index in [0.717, 1.165) is 80.8 Å². The van der Waals surface area contributed by atoms with Crippen LogP contribution in [0, 0.1) is 6.92 Å². The second-order valence-corrected chi connectivity index (χ2v) is 10.9. The maximum Gasteiger partial charge on any atom is 0.238 e. The molecule has 0 bridgehead atoms. The van der Waals surface area contributed by atoms with E-state index in [1.807, 2.05) is 13.0 Å². The summed E-state index contributed by atoms with van der Waals surface area (Å²) < 4.78 is 25.8. The Labute approximate surface area is 202 Å². The van der Waals surface area contributed by atoms with E-state index in [-0.39, 0.29) is 4.90 Å². The van der Waals surface area contributed by atoms with E-state index >= 15 is 0 Å². The molecule has 1 fully saturated rings. The van der Waals surface area contributed by atoms with Crippen molar-refractivity contribution in [2.24, 2.45) is 5.14 Å². The normalized spacial score (nSPS) is 15.5. The molecule has 0 unspecified atom stereocenters. The maximum absolute atomic E-state index is 11.8. The summed E-state index contributed by atoms with van der Waals surface area (Å²) in [4.78, 5) is 19.0. The number of nitrogens with zero attached hydrogens (tertiary/aromatic N) is 6. The van der Waals surface area contributed by atoms with Crippen LogP contribution >= 0.6 is 0 Å². The number of aromatic nitrogens is 4. The van der Waals surface area contributed by atoms with Gasteiger partial charge in [-0.15, -0.1) is 0 Å². The van der Waals surface area contributed by atoms with Crippen LogP contribution in [0.5, 0.6) is 0 Å². The second-order valence-electron chi connectivity index (χ2n) is 9.37. The number of anilines is 1. The third-order valence-corrected chi connectivity index (χ3v) is 7.21. The Morgan fingerprint density at radius 1 is 1.06 bits per heavy atom. The van der Waals surface area contributed by atoms with Gasteiger partial charge in [-0.25, -0.2) is 28.5 Å². The Bertz CT molecular complexity index is 1260. The molecule has 34 heavy (non-hydrogen) atoms. The summed E-state index contributed by atoms with van der Waals surface area (Å²) in [6, 6.07) is 7.04. The second kappa shape index (κ2) is 9.97. The van der Waals surface area contributed by atoms with Crippen molar-refractivity contribution < 1.29 is 8.42 Å². The molecule has 0 aliphatic carbocycles. The van der Waals surface area contributed by atoms with Gasteiger partial charge in [0, 0.05) is 50.4 Å². The molecule has 2 aromatic heterocycles. The number of rotatable bonds is 8. The quantitative estimate of drug-likeness (QED) is 0.522. The molecule has 0 spiro atoms. The molecule has 1 saturated heterocycles. The number of hydrogen-bond acceptors (Lipinski definition) is 7.